The Kier molecular flexibility index (Phi) is 8.03. The van der Waals surface area contributed by atoms with E-state index in [0.29, 0.717) is 30.3 Å². The number of azo groups is 2. The lowest BCUT2D eigenvalue weighted by Gasteiger charge is -2.13. The van der Waals surface area contributed by atoms with Gasteiger partial charge in [0.05, 0.1) is 16.8 Å². The van der Waals surface area contributed by atoms with Crippen LogP contribution in [-0.2, 0) is 40.5 Å². The molecule has 0 aliphatic rings. The lowest BCUT2D eigenvalue weighted by Crippen LogP contribution is -2.02. The molecular weight excluding hydrogens is 624 g/mol. The molecule has 0 amide bonds. The van der Waals surface area contributed by atoms with Crippen LogP contribution in [-0.4, -0.2) is 68.6 Å². The van der Waals surface area contributed by atoms with Crippen molar-refractivity contribution in [3.05, 3.63) is 30.3 Å². The second-order valence-corrected chi connectivity index (χ2v) is 13.1. The Morgan fingerprint density at radius 1 is 0.625 bits per heavy atom. The smallest absolute Gasteiger partial charge is 0.296 e. The van der Waals surface area contributed by atoms with Crippen molar-refractivity contribution in [2.75, 3.05) is 6.54 Å². The van der Waals surface area contributed by atoms with Crippen molar-refractivity contribution in [1.82, 2.24) is 0 Å². The number of hydrogen-bond acceptors (Lipinski definition) is 14. The zero-order chi connectivity index (χ0) is 30.4. The summed E-state index contributed by atoms with van der Waals surface area (Å²) in [5.74, 6) is -2.47. The van der Waals surface area contributed by atoms with E-state index >= 15 is 0 Å². The zero-order valence-corrected chi connectivity index (χ0v) is 22.7. The molecule has 0 aromatic heterocycles. The van der Waals surface area contributed by atoms with E-state index in [9.17, 15) is 62.1 Å². The highest BCUT2D eigenvalue weighted by atomic mass is 32.2. The number of aromatic hydroxyl groups is 2. The Morgan fingerprint density at radius 3 is 1.52 bits per heavy atom. The number of hydrogen-bond donors (Lipinski definition) is 6. The van der Waals surface area contributed by atoms with Crippen molar-refractivity contribution in [3.63, 3.8) is 0 Å². The van der Waals surface area contributed by atoms with E-state index in [2.05, 4.69) is 20.5 Å². The summed E-state index contributed by atoms with van der Waals surface area (Å²) in [6.07, 6.45) is 0. The normalized spacial score (nSPS) is 13.5. The largest absolute Gasteiger partial charge is 0.505 e. The molecule has 0 bridgehead atoms. The summed E-state index contributed by atoms with van der Waals surface area (Å²) in [6.45, 7) is 1.44. The highest BCUT2D eigenvalue weighted by Crippen LogP contribution is 2.50. The molecule has 3 aromatic carbocycles. The first kappa shape index (κ1) is 30.9. The molecule has 0 radical (unpaired) electrons. The van der Waals surface area contributed by atoms with Gasteiger partial charge in [-0.05, 0) is 42.6 Å². The van der Waals surface area contributed by atoms with Gasteiger partial charge in [0.1, 0.15) is 31.7 Å². The van der Waals surface area contributed by atoms with Gasteiger partial charge < -0.3 is 10.2 Å². The Bertz CT molecular complexity index is 2050. The average Bonchev–Trinajstić information content (AvgIpc) is 2.79. The van der Waals surface area contributed by atoms with Crippen LogP contribution in [0.3, 0.4) is 0 Å². The van der Waals surface area contributed by atoms with Gasteiger partial charge in [0.2, 0.25) is 0 Å². The monoisotopic (exact) mass is 640 g/mol. The topological polar surface area (TPSA) is 307 Å². The Labute approximate surface area is 225 Å². The highest BCUT2D eigenvalue weighted by Gasteiger charge is 2.29. The van der Waals surface area contributed by atoms with Crippen LogP contribution in [0.25, 0.3) is 10.8 Å². The Balaban J connectivity index is 2.49. The Morgan fingerprint density at radius 2 is 1.10 bits per heavy atom. The van der Waals surface area contributed by atoms with Gasteiger partial charge in [-0.25, -0.2) is 0 Å². The van der Waals surface area contributed by atoms with Crippen LogP contribution in [0.2, 0.25) is 0 Å². The number of rotatable bonds is 8. The fourth-order valence-corrected chi connectivity index (χ4v) is 5.67. The number of fused-ring (bicyclic) bond motifs is 1. The molecular formula is C18H16N4O14S4. The summed E-state index contributed by atoms with van der Waals surface area (Å²) in [4.78, 5) is -4.37. The second kappa shape index (κ2) is 10.4. The summed E-state index contributed by atoms with van der Waals surface area (Å²) in [6, 6.07) is 2.56. The first-order chi connectivity index (χ1) is 18.2. The summed E-state index contributed by atoms with van der Waals surface area (Å²) in [5, 5.41) is 33.8. The van der Waals surface area contributed by atoms with Crippen LogP contribution >= 0.6 is 0 Å². The van der Waals surface area contributed by atoms with E-state index in [-0.39, 0.29) is 6.54 Å². The fraction of sp³-hybridized carbons (Fsp3) is 0.111. The van der Waals surface area contributed by atoms with Gasteiger partial charge in [0.15, 0.2) is 11.5 Å². The second-order valence-electron chi connectivity index (χ2n) is 7.53. The molecule has 6 N–H and O–H groups in total. The number of phenolic OH excluding ortho intramolecular Hbond substituents is 2. The highest BCUT2D eigenvalue weighted by molar-refractivity contribution is 7.86. The summed E-state index contributed by atoms with van der Waals surface area (Å²) in [7, 11) is -20.6. The van der Waals surface area contributed by atoms with Gasteiger partial charge in [0.25, 0.3) is 40.5 Å². The molecule has 40 heavy (non-hydrogen) atoms. The van der Waals surface area contributed by atoms with Gasteiger partial charge >= 0.3 is 0 Å². The minimum Gasteiger partial charge on any atom is -0.505 e. The summed E-state index contributed by atoms with van der Waals surface area (Å²) >= 11 is 0. The molecule has 0 heterocycles. The molecule has 0 unspecified atom stereocenters. The Hall–Kier alpha value is -3.64. The van der Waals surface area contributed by atoms with Crippen LogP contribution in [0.5, 0.6) is 11.5 Å². The maximum Gasteiger partial charge on any atom is 0.296 e. The van der Waals surface area contributed by atoms with Crippen molar-refractivity contribution in [1.29, 1.82) is 0 Å². The van der Waals surface area contributed by atoms with Crippen LogP contribution in [0.1, 0.15) is 6.92 Å². The van der Waals surface area contributed by atoms with Crippen molar-refractivity contribution in [3.8, 4) is 11.5 Å². The summed E-state index contributed by atoms with van der Waals surface area (Å²) in [5.41, 5.74) is -3.08. The van der Waals surface area contributed by atoms with E-state index in [1.807, 2.05) is 0 Å². The average molecular weight is 641 g/mol. The molecule has 0 atom stereocenters. The number of nitrogens with zero attached hydrogens (tertiary/aromatic N) is 4. The van der Waals surface area contributed by atoms with E-state index in [1.165, 1.54) is 6.92 Å². The third-order valence-electron chi connectivity index (χ3n) is 4.88. The maximum absolute atomic E-state index is 12.1. The number of phenols is 2. The minimum absolute atomic E-state index is 0.0335. The third kappa shape index (κ3) is 6.23. The minimum atomic E-state index is -5.36. The molecule has 22 heteroatoms. The third-order valence-corrected chi connectivity index (χ3v) is 8.37. The van der Waals surface area contributed by atoms with Crippen molar-refractivity contribution < 1.29 is 62.1 Å². The standard InChI is InChI=1S/C18H16N4O14S4/c1-2-19-21-15-12(39(31,32)33)5-8-6-13(40(34,35)36)16(18(24)14(8)17(15)23)22-20-10-7-9(37(25,26)27)3-4-11(10)38(28,29)30/h3-7,23-24H,2H2,1H3,(H,25,26,27)(H,28,29,30)(H,31,32,33)(H,34,35,36). The molecule has 0 saturated heterocycles. The maximum atomic E-state index is 12.1. The van der Waals surface area contributed by atoms with Gasteiger partial charge in [-0.15, -0.1) is 10.2 Å². The van der Waals surface area contributed by atoms with E-state index < -0.39 is 99.4 Å². The first-order valence-electron chi connectivity index (χ1n) is 10.1. The fourth-order valence-electron chi connectivity index (χ4n) is 3.25. The van der Waals surface area contributed by atoms with Crippen LogP contribution in [0.15, 0.2) is 70.4 Å². The predicted octanol–water partition coefficient (Wildman–Crippen LogP) is 2.76. The first-order valence-corrected chi connectivity index (χ1v) is 15.8. The molecule has 3 aromatic rings. The van der Waals surface area contributed by atoms with Crippen molar-refractivity contribution in [2.45, 2.75) is 26.5 Å². The molecule has 0 aliphatic carbocycles. The van der Waals surface area contributed by atoms with Crippen LogP contribution in [0, 0.1) is 0 Å². The molecule has 18 nitrogen and oxygen atoms in total. The molecule has 0 spiro atoms. The number of benzene rings is 3. The zero-order valence-electron chi connectivity index (χ0n) is 19.5. The van der Waals surface area contributed by atoms with Crippen LogP contribution in [0.4, 0.5) is 17.1 Å². The van der Waals surface area contributed by atoms with Crippen molar-refractivity contribution in [2.24, 2.45) is 20.5 Å². The molecule has 3 rings (SSSR count). The van der Waals surface area contributed by atoms with Gasteiger partial charge in [-0.1, -0.05) is 0 Å². The van der Waals surface area contributed by atoms with E-state index in [1.54, 1.807) is 0 Å². The summed E-state index contributed by atoms with van der Waals surface area (Å²) < 4.78 is 132. The lowest BCUT2D eigenvalue weighted by atomic mass is 10.1. The van der Waals surface area contributed by atoms with E-state index in [0.717, 1.165) is 0 Å². The van der Waals surface area contributed by atoms with Gasteiger partial charge in [0, 0.05) is 0 Å². The molecule has 216 valence electrons. The van der Waals surface area contributed by atoms with Gasteiger partial charge in [-0.3, -0.25) is 18.2 Å². The lowest BCUT2D eigenvalue weighted by molar-refractivity contribution is 0.458. The van der Waals surface area contributed by atoms with Gasteiger partial charge in [-0.2, -0.15) is 43.9 Å². The van der Waals surface area contributed by atoms with Crippen LogP contribution < -0.4 is 0 Å². The quantitative estimate of drug-likeness (QED) is 0.152. The van der Waals surface area contributed by atoms with Crippen molar-refractivity contribution >= 4 is 68.3 Å². The predicted molar refractivity (Wildman–Crippen MR) is 132 cm³/mol. The molecule has 0 saturated carbocycles. The molecule has 0 aliphatic heterocycles. The van der Waals surface area contributed by atoms with E-state index in [4.69, 9.17) is 0 Å². The SMILES string of the molecule is CCN=Nc1c(S(=O)(=O)O)cc2cc(S(=O)(=O)O)c(N=Nc3cc(S(=O)(=O)O)ccc3S(=O)(=O)O)c(O)c2c1O. The molecule has 0 fully saturated rings.